The van der Waals surface area contributed by atoms with Crippen LogP contribution in [0.25, 0.3) is 0 Å². The minimum Gasteiger partial charge on any atom is -0.490 e. The van der Waals surface area contributed by atoms with E-state index in [0.717, 1.165) is 28.3 Å². The van der Waals surface area contributed by atoms with Gasteiger partial charge in [0.1, 0.15) is 23.7 Å². The minimum absolute atomic E-state index is 0.0387. The number of benzene rings is 1. The van der Waals surface area contributed by atoms with Crippen LogP contribution >= 0.6 is 0 Å². The Kier molecular flexibility index (Phi) is 5.32. The molecule has 1 aliphatic rings. The van der Waals surface area contributed by atoms with Crippen molar-refractivity contribution in [2.24, 2.45) is 0 Å². The second kappa shape index (κ2) is 7.50. The monoisotopic (exact) mass is 358 g/mol. The molecule has 6 heteroatoms. The van der Waals surface area contributed by atoms with Crippen LogP contribution in [0, 0.1) is 20.8 Å². The van der Waals surface area contributed by atoms with Crippen LogP contribution in [-0.2, 0) is 11.2 Å². The molecule has 1 aromatic carbocycles. The quantitative estimate of drug-likeness (QED) is 0.859. The summed E-state index contributed by atoms with van der Waals surface area (Å²) in [4.78, 5) is 14.2. The molecule has 2 heterocycles. The second-order valence-electron chi connectivity index (χ2n) is 7.15. The van der Waals surface area contributed by atoms with Gasteiger partial charge in [-0.05, 0) is 45.2 Å². The SMILES string of the molecule is Cc1ccccc1OCC1(O)CCN(C(=O)CCc2c(C)noc2C)C1. The molecule has 1 saturated heterocycles. The number of amides is 1. The van der Waals surface area contributed by atoms with Crippen molar-refractivity contribution in [2.45, 2.75) is 45.6 Å². The number of carbonyl (C=O) groups excluding carboxylic acids is 1. The zero-order valence-corrected chi connectivity index (χ0v) is 15.6. The van der Waals surface area contributed by atoms with Crippen LogP contribution in [0.3, 0.4) is 0 Å². The molecule has 140 valence electrons. The van der Waals surface area contributed by atoms with Crippen molar-refractivity contribution in [2.75, 3.05) is 19.7 Å². The van der Waals surface area contributed by atoms with Crippen molar-refractivity contribution in [3.63, 3.8) is 0 Å². The first-order valence-corrected chi connectivity index (χ1v) is 8.98. The molecule has 1 fully saturated rings. The lowest BCUT2D eigenvalue weighted by atomic mass is 10.1. The number of hydrogen-bond donors (Lipinski definition) is 1. The summed E-state index contributed by atoms with van der Waals surface area (Å²) in [6.45, 7) is 6.75. The molecule has 1 atom stereocenters. The number of aliphatic hydroxyl groups is 1. The van der Waals surface area contributed by atoms with Gasteiger partial charge in [-0.2, -0.15) is 0 Å². The highest BCUT2D eigenvalue weighted by Gasteiger charge is 2.39. The Morgan fingerprint density at radius 1 is 1.35 bits per heavy atom. The van der Waals surface area contributed by atoms with Crippen molar-refractivity contribution in [1.82, 2.24) is 10.1 Å². The van der Waals surface area contributed by atoms with Crippen molar-refractivity contribution in [3.05, 3.63) is 46.8 Å². The zero-order valence-electron chi connectivity index (χ0n) is 15.6. The predicted molar refractivity (Wildman–Crippen MR) is 97.1 cm³/mol. The summed E-state index contributed by atoms with van der Waals surface area (Å²) in [6.07, 6.45) is 1.52. The van der Waals surface area contributed by atoms with Crippen LogP contribution in [0.4, 0.5) is 0 Å². The fourth-order valence-electron chi connectivity index (χ4n) is 3.37. The van der Waals surface area contributed by atoms with Crippen LogP contribution in [0.2, 0.25) is 0 Å². The van der Waals surface area contributed by atoms with Crippen molar-refractivity contribution >= 4 is 5.91 Å². The number of β-amino-alcohol motifs (C(OH)–C–C–N with tert-alkyl or cyclic N) is 1. The van der Waals surface area contributed by atoms with Crippen molar-refractivity contribution in [1.29, 1.82) is 0 Å². The molecule has 1 aromatic heterocycles. The van der Waals surface area contributed by atoms with E-state index in [2.05, 4.69) is 5.16 Å². The van der Waals surface area contributed by atoms with Gasteiger partial charge in [-0.1, -0.05) is 23.4 Å². The van der Waals surface area contributed by atoms with E-state index >= 15 is 0 Å². The number of aromatic nitrogens is 1. The first-order chi connectivity index (χ1) is 12.4. The molecule has 26 heavy (non-hydrogen) atoms. The first-order valence-electron chi connectivity index (χ1n) is 8.98. The molecule has 0 bridgehead atoms. The maximum atomic E-state index is 12.5. The molecule has 0 aliphatic carbocycles. The number of rotatable bonds is 6. The van der Waals surface area contributed by atoms with Crippen LogP contribution in [0.15, 0.2) is 28.8 Å². The Labute approximate surface area is 153 Å². The van der Waals surface area contributed by atoms with E-state index in [1.807, 2.05) is 45.0 Å². The highest BCUT2D eigenvalue weighted by molar-refractivity contribution is 5.77. The molecule has 0 saturated carbocycles. The lowest BCUT2D eigenvalue weighted by Gasteiger charge is -2.24. The Hall–Kier alpha value is -2.34. The average Bonchev–Trinajstić information content (AvgIpc) is 3.16. The topological polar surface area (TPSA) is 75.8 Å². The van der Waals surface area contributed by atoms with Crippen molar-refractivity contribution < 1.29 is 19.2 Å². The summed E-state index contributed by atoms with van der Waals surface area (Å²) < 4.78 is 10.9. The number of likely N-dealkylation sites (tertiary alicyclic amines) is 1. The summed E-state index contributed by atoms with van der Waals surface area (Å²) in [7, 11) is 0. The van der Waals surface area contributed by atoms with Gasteiger partial charge in [0, 0.05) is 18.5 Å². The largest absolute Gasteiger partial charge is 0.490 e. The average molecular weight is 358 g/mol. The third-order valence-corrected chi connectivity index (χ3v) is 5.04. The fraction of sp³-hybridized carbons (Fsp3) is 0.500. The van der Waals surface area contributed by atoms with Gasteiger partial charge in [0.05, 0.1) is 12.2 Å². The Balaban J connectivity index is 1.52. The van der Waals surface area contributed by atoms with Crippen LogP contribution in [0.1, 0.15) is 35.4 Å². The molecule has 6 nitrogen and oxygen atoms in total. The van der Waals surface area contributed by atoms with Gasteiger partial charge in [-0.3, -0.25) is 4.79 Å². The highest BCUT2D eigenvalue weighted by atomic mass is 16.5. The fourth-order valence-corrected chi connectivity index (χ4v) is 3.37. The third kappa shape index (κ3) is 4.07. The van der Waals surface area contributed by atoms with Gasteiger partial charge in [0.25, 0.3) is 0 Å². The summed E-state index contributed by atoms with van der Waals surface area (Å²) in [5.74, 6) is 1.57. The number of carbonyl (C=O) groups is 1. The number of ether oxygens (including phenoxy) is 1. The van der Waals surface area contributed by atoms with Gasteiger partial charge in [0.15, 0.2) is 0 Å². The molecular formula is C20H26N2O4. The van der Waals surface area contributed by atoms with Crippen LogP contribution in [-0.4, -0.2) is 46.4 Å². The zero-order chi connectivity index (χ0) is 18.7. The standard InChI is InChI=1S/C20H26N2O4/c1-14-6-4-5-7-18(14)25-13-20(24)10-11-22(12-20)19(23)9-8-17-15(2)21-26-16(17)3/h4-7,24H,8-13H2,1-3H3. The second-order valence-corrected chi connectivity index (χ2v) is 7.15. The van der Waals surface area contributed by atoms with Crippen LogP contribution < -0.4 is 4.74 Å². The Bertz CT molecular complexity index is 766. The van der Waals surface area contributed by atoms with E-state index in [1.54, 1.807) is 4.90 Å². The lowest BCUT2D eigenvalue weighted by Crippen LogP contribution is -2.40. The molecule has 3 rings (SSSR count). The molecule has 1 aliphatic heterocycles. The summed E-state index contributed by atoms with van der Waals surface area (Å²) in [5, 5.41) is 14.7. The normalized spacial score (nSPS) is 19.8. The van der Waals surface area contributed by atoms with E-state index in [9.17, 15) is 9.90 Å². The Morgan fingerprint density at radius 2 is 2.12 bits per heavy atom. The molecule has 0 spiro atoms. The van der Waals surface area contributed by atoms with E-state index in [1.165, 1.54) is 0 Å². The summed E-state index contributed by atoms with van der Waals surface area (Å²) in [6, 6.07) is 7.72. The summed E-state index contributed by atoms with van der Waals surface area (Å²) in [5.41, 5.74) is 1.86. The maximum absolute atomic E-state index is 12.5. The van der Waals surface area contributed by atoms with E-state index in [0.29, 0.717) is 32.4 Å². The molecule has 1 N–H and O–H groups in total. The molecule has 0 radical (unpaired) electrons. The third-order valence-electron chi connectivity index (χ3n) is 5.04. The maximum Gasteiger partial charge on any atom is 0.223 e. The number of aryl methyl sites for hydroxylation is 3. The Morgan fingerprint density at radius 3 is 2.81 bits per heavy atom. The smallest absolute Gasteiger partial charge is 0.223 e. The highest BCUT2D eigenvalue weighted by Crippen LogP contribution is 2.25. The molecular weight excluding hydrogens is 332 g/mol. The van der Waals surface area contributed by atoms with Gasteiger partial charge in [-0.25, -0.2) is 0 Å². The van der Waals surface area contributed by atoms with E-state index in [4.69, 9.17) is 9.26 Å². The number of para-hydroxylation sites is 1. The van der Waals surface area contributed by atoms with E-state index in [-0.39, 0.29) is 12.5 Å². The van der Waals surface area contributed by atoms with Gasteiger partial charge in [-0.15, -0.1) is 0 Å². The number of nitrogens with zero attached hydrogens (tertiary/aromatic N) is 2. The molecule has 1 amide bonds. The van der Waals surface area contributed by atoms with Gasteiger partial charge >= 0.3 is 0 Å². The predicted octanol–water partition coefficient (Wildman–Crippen LogP) is 2.57. The number of hydrogen-bond acceptors (Lipinski definition) is 5. The summed E-state index contributed by atoms with van der Waals surface area (Å²) >= 11 is 0. The lowest BCUT2D eigenvalue weighted by molar-refractivity contribution is -0.131. The molecule has 2 aromatic rings. The van der Waals surface area contributed by atoms with Crippen LogP contribution in [0.5, 0.6) is 5.75 Å². The minimum atomic E-state index is -0.999. The van der Waals surface area contributed by atoms with Gasteiger partial charge < -0.3 is 19.3 Å². The first kappa shape index (κ1) is 18.5. The van der Waals surface area contributed by atoms with E-state index < -0.39 is 5.60 Å². The molecule has 1 unspecified atom stereocenters. The van der Waals surface area contributed by atoms with Gasteiger partial charge in [0.2, 0.25) is 5.91 Å². The van der Waals surface area contributed by atoms with Crippen molar-refractivity contribution in [3.8, 4) is 5.75 Å².